The molecule has 0 aliphatic rings. The van der Waals surface area contributed by atoms with Crippen molar-refractivity contribution in [1.82, 2.24) is 10.1 Å². The summed E-state index contributed by atoms with van der Waals surface area (Å²) in [4.78, 5) is 4.37. The van der Waals surface area contributed by atoms with Gasteiger partial charge in [0.05, 0.1) is 11.0 Å². The third-order valence-corrected chi connectivity index (χ3v) is 5.20. The van der Waals surface area contributed by atoms with Crippen molar-refractivity contribution in [2.75, 3.05) is 17.8 Å². The minimum atomic E-state index is -2.92. The quantitative estimate of drug-likeness (QED) is 0.778. The van der Waals surface area contributed by atoms with Crippen LogP contribution in [-0.2, 0) is 16.3 Å². The van der Waals surface area contributed by atoms with Gasteiger partial charge in [-0.3, -0.25) is 0 Å². The smallest absolute Gasteiger partial charge is 0.239 e. The van der Waals surface area contributed by atoms with Crippen LogP contribution in [0.25, 0.3) is 0 Å². The van der Waals surface area contributed by atoms with E-state index in [4.69, 9.17) is 4.52 Å². The van der Waals surface area contributed by atoms with Gasteiger partial charge in [-0.15, -0.1) is 11.8 Å². The van der Waals surface area contributed by atoms with Gasteiger partial charge in [0.15, 0.2) is 5.82 Å². The molecule has 1 heterocycles. The standard InChI is InChI=1S/C14H18N2O3S2/c1-11(20-8-9-21(2,17)18)14-15-13(16-19-14)10-12-6-4-3-5-7-12/h3-7,11H,8-10H2,1-2H3/t11-/m0/s1. The molecule has 0 fully saturated rings. The van der Waals surface area contributed by atoms with Crippen LogP contribution in [0.4, 0.5) is 0 Å². The molecule has 7 heteroatoms. The van der Waals surface area contributed by atoms with Gasteiger partial charge in [0.25, 0.3) is 0 Å². The van der Waals surface area contributed by atoms with E-state index in [1.165, 1.54) is 18.0 Å². The predicted octanol–water partition coefficient (Wildman–Crippen LogP) is 2.50. The van der Waals surface area contributed by atoms with Crippen molar-refractivity contribution in [1.29, 1.82) is 0 Å². The van der Waals surface area contributed by atoms with E-state index in [2.05, 4.69) is 10.1 Å². The predicted molar refractivity (Wildman–Crippen MR) is 84.1 cm³/mol. The lowest BCUT2D eigenvalue weighted by Crippen LogP contribution is -2.06. The first-order valence-corrected chi connectivity index (χ1v) is 9.71. The van der Waals surface area contributed by atoms with Crippen molar-refractivity contribution < 1.29 is 12.9 Å². The average Bonchev–Trinajstić information content (AvgIpc) is 2.87. The van der Waals surface area contributed by atoms with E-state index in [0.717, 1.165) is 5.56 Å². The van der Waals surface area contributed by atoms with Gasteiger partial charge in [0.1, 0.15) is 9.84 Å². The normalized spacial score (nSPS) is 13.2. The van der Waals surface area contributed by atoms with Crippen LogP contribution in [0.5, 0.6) is 0 Å². The molecule has 2 rings (SSSR count). The molecular formula is C14H18N2O3S2. The Morgan fingerprint density at radius 2 is 2.00 bits per heavy atom. The molecule has 2 aromatic rings. The molecule has 21 heavy (non-hydrogen) atoms. The highest BCUT2D eigenvalue weighted by Gasteiger charge is 2.15. The second-order valence-electron chi connectivity index (χ2n) is 4.85. The summed E-state index contributed by atoms with van der Waals surface area (Å²) in [5.74, 6) is 1.87. The Morgan fingerprint density at radius 3 is 2.67 bits per heavy atom. The SMILES string of the molecule is C[C@H](SCCS(C)(=O)=O)c1nc(Cc2ccccc2)no1. The Kier molecular flexibility index (Phi) is 5.41. The molecule has 5 nitrogen and oxygen atoms in total. The highest BCUT2D eigenvalue weighted by atomic mass is 32.2. The molecule has 0 aliphatic heterocycles. The van der Waals surface area contributed by atoms with Crippen LogP contribution in [0.3, 0.4) is 0 Å². The van der Waals surface area contributed by atoms with E-state index in [1.807, 2.05) is 37.3 Å². The van der Waals surface area contributed by atoms with E-state index in [-0.39, 0.29) is 11.0 Å². The number of benzene rings is 1. The molecule has 0 bridgehead atoms. The number of hydrogen-bond acceptors (Lipinski definition) is 6. The zero-order valence-corrected chi connectivity index (χ0v) is 13.7. The molecule has 0 saturated heterocycles. The van der Waals surface area contributed by atoms with Gasteiger partial charge in [-0.05, 0) is 12.5 Å². The summed E-state index contributed by atoms with van der Waals surface area (Å²) in [7, 11) is -2.92. The molecule has 0 N–H and O–H groups in total. The van der Waals surface area contributed by atoms with Crippen LogP contribution in [0.2, 0.25) is 0 Å². The summed E-state index contributed by atoms with van der Waals surface area (Å²) in [5, 5.41) is 3.96. The molecule has 114 valence electrons. The van der Waals surface area contributed by atoms with Crippen molar-refractivity contribution in [2.24, 2.45) is 0 Å². The highest BCUT2D eigenvalue weighted by Crippen LogP contribution is 2.26. The number of aromatic nitrogens is 2. The molecule has 1 aromatic heterocycles. The molecule has 0 unspecified atom stereocenters. The van der Waals surface area contributed by atoms with E-state index < -0.39 is 9.84 Å². The van der Waals surface area contributed by atoms with Crippen molar-refractivity contribution in [3.63, 3.8) is 0 Å². The number of sulfone groups is 1. The topological polar surface area (TPSA) is 73.1 Å². The molecule has 0 radical (unpaired) electrons. The maximum absolute atomic E-state index is 11.1. The van der Waals surface area contributed by atoms with Crippen LogP contribution in [0, 0.1) is 0 Å². The molecule has 0 saturated carbocycles. The Bertz CT molecular complexity index is 669. The summed E-state index contributed by atoms with van der Waals surface area (Å²) < 4.78 is 27.4. The second kappa shape index (κ2) is 7.09. The fourth-order valence-corrected chi connectivity index (χ4v) is 3.92. The summed E-state index contributed by atoms with van der Waals surface area (Å²) in [6, 6.07) is 9.94. The summed E-state index contributed by atoms with van der Waals surface area (Å²) in [6.07, 6.45) is 1.87. The van der Waals surface area contributed by atoms with Crippen molar-refractivity contribution in [2.45, 2.75) is 18.6 Å². The second-order valence-corrected chi connectivity index (χ2v) is 8.56. The Labute approximate surface area is 129 Å². The third kappa shape index (κ3) is 5.51. The lowest BCUT2D eigenvalue weighted by Gasteiger charge is -2.04. The lowest BCUT2D eigenvalue weighted by atomic mass is 10.1. The first-order valence-electron chi connectivity index (χ1n) is 6.60. The lowest BCUT2D eigenvalue weighted by molar-refractivity contribution is 0.375. The third-order valence-electron chi connectivity index (χ3n) is 2.86. The van der Waals surface area contributed by atoms with Gasteiger partial charge >= 0.3 is 0 Å². The van der Waals surface area contributed by atoms with Crippen LogP contribution < -0.4 is 0 Å². The minimum absolute atomic E-state index is 0.0104. The zero-order chi connectivity index (χ0) is 15.3. The Hall–Kier alpha value is -1.34. The van der Waals surface area contributed by atoms with Gasteiger partial charge in [0, 0.05) is 18.4 Å². The van der Waals surface area contributed by atoms with Crippen molar-refractivity contribution >= 4 is 21.6 Å². The van der Waals surface area contributed by atoms with E-state index in [1.54, 1.807) is 0 Å². The fraction of sp³-hybridized carbons (Fsp3) is 0.429. The average molecular weight is 326 g/mol. The molecule has 1 aromatic carbocycles. The van der Waals surface area contributed by atoms with Gasteiger partial charge in [-0.1, -0.05) is 35.5 Å². The monoisotopic (exact) mass is 326 g/mol. The number of rotatable bonds is 7. The maximum atomic E-state index is 11.1. The first-order chi connectivity index (χ1) is 9.94. The summed E-state index contributed by atoms with van der Waals surface area (Å²) in [6.45, 7) is 1.94. The van der Waals surface area contributed by atoms with E-state index in [0.29, 0.717) is 23.9 Å². The maximum Gasteiger partial charge on any atom is 0.239 e. The Balaban J connectivity index is 1.90. The van der Waals surface area contributed by atoms with Crippen LogP contribution in [0.15, 0.2) is 34.9 Å². The summed E-state index contributed by atoms with van der Waals surface area (Å²) >= 11 is 1.50. The highest BCUT2D eigenvalue weighted by molar-refractivity contribution is 8.00. The minimum Gasteiger partial charge on any atom is -0.338 e. The van der Waals surface area contributed by atoms with Crippen molar-refractivity contribution in [3.8, 4) is 0 Å². The Morgan fingerprint density at radius 1 is 1.29 bits per heavy atom. The number of thioether (sulfide) groups is 1. The van der Waals surface area contributed by atoms with E-state index in [9.17, 15) is 8.42 Å². The van der Waals surface area contributed by atoms with Crippen LogP contribution in [-0.4, -0.2) is 36.3 Å². The van der Waals surface area contributed by atoms with Gasteiger partial charge in [0.2, 0.25) is 5.89 Å². The van der Waals surface area contributed by atoms with Crippen molar-refractivity contribution in [3.05, 3.63) is 47.6 Å². The number of nitrogens with zero attached hydrogens (tertiary/aromatic N) is 2. The molecule has 1 atom stereocenters. The van der Waals surface area contributed by atoms with Crippen LogP contribution in [0.1, 0.15) is 29.5 Å². The molecule has 0 amide bonds. The zero-order valence-electron chi connectivity index (χ0n) is 12.0. The molecule has 0 spiro atoms. The fourth-order valence-electron chi connectivity index (χ4n) is 1.73. The van der Waals surface area contributed by atoms with Gasteiger partial charge in [-0.25, -0.2) is 8.42 Å². The first kappa shape index (κ1) is 16.0. The van der Waals surface area contributed by atoms with Crippen LogP contribution >= 0.6 is 11.8 Å². The van der Waals surface area contributed by atoms with Gasteiger partial charge < -0.3 is 4.52 Å². The molecular weight excluding hydrogens is 308 g/mol. The van der Waals surface area contributed by atoms with Gasteiger partial charge in [-0.2, -0.15) is 4.98 Å². The number of hydrogen-bond donors (Lipinski definition) is 0. The molecule has 0 aliphatic carbocycles. The largest absolute Gasteiger partial charge is 0.338 e. The van der Waals surface area contributed by atoms with E-state index >= 15 is 0 Å². The summed E-state index contributed by atoms with van der Waals surface area (Å²) in [5.41, 5.74) is 1.13.